The van der Waals surface area contributed by atoms with Gasteiger partial charge in [-0.1, -0.05) is 28.1 Å². The number of rotatable bonds is 4. The number of anilines is 1. The lowest BCUT2D eigenvalue weighted by molar-refractivity contribution is -0.136. The van der Waals surface area contributed by atoms with E-state index in [9.17, 15) is 9.90 Å². The number of halogens is 1. The normalized spacial score (nSPS) is 16.6. The predicted octanol–water partition coefficient (Wildman–Crippen LogP) is 4.05. The SMILES string of the molecule is COC(=O)C1=C(C)N(c2cccc(Br)c2)C(=S)NC1c1ccc(O)c(OC)c1. The lowest BCUT2D eigenvalue weighted by Gasteiger charge is -2.37. The zero-order chi connectivity index (χ0) is 20.4. The summed E-state index contributed by atoms with van der Waals surface area (Å²) in [5, 5.41) is 13.5. The van der Waals surface area contributed by atoms with Crippen LogP contribution in [0.5, 0.6) is 11.5 Å². The van der Waals surface area contributed by atoms with Crippen molar-refractivity contribution in [1.29, 1.82) is 0 Å². The van der Waals surface area contributed by atoms with E-state index in [-0.39, 0.29) is 5.75 Å². The maximum atomic E-state index is 12.7. The lowest BCUT2D eigenvalue weighted by Crippen LogP contribution is -2.48. The minimum atomic E-state index is -0.544. The van der Waals surface area contributed by atoms with E-state index in [0.717, 1.165) is 10.2 Å². The Labute approximate surface area is 176 Å². The molecule has 0 fully saturated rings. The van der Waals surface area contributed by atoms with Crippen LogP contribution in [-0.2, 0) is 9.53 Å². The Kier molecular flexibility index (Phi) is 5.90. The van der Waals surface area contributed by atoms with Crippen molar-refractivity contribution in [1.82, 2.24) is 5.32 Å². The van der Waals surface area contributed by atoms with E-state index in [0.29, 0.717) is 27.7 Å². The topological polar surface area (TPSA) is 71.0 Å². The molecule has 0 spiro atoms. The Hall–Kier alpha value is -2.58. The summed E-state index contributed by atoms with van der Waals surface area (Å²) in [6.45, 7) is 1.82. The Morgan fingerprint density at radius 2 is 2.00 bits per heavy atom. The van der Waals surface area contributed by atoms with Gasteiger partial charge in [0, 0.05) is 15.9 Å². The fraction of sp³-hybridized carbons (Fsp3) is 0.200. The lowest BCUT2D eigenvalue weighted by atomic mass is 9.94. The first-order valence-corrected chi connectivity index (χ1v) is 9.59. The smallest absolute Gasteiger partial charge is 0.337 e. The molecule has 2 N–H and O–H groups in total. The summed E-state index contributed by atoms with van der Waals surface area (Å²) >= 11 is 9.06. The standard InChI is InChI=1S/C20H19BrN2O4S/c1-11-17(19(25)27-3)18(12-7-8-15(24)16(9-12)26-2)22-20(28)23(11)14-6-4-5-13(21)10-14/h4-10,18,24H,1-3H3,(H,22,28). The van der Waals surface area contributed by atoms with Gasteiger partial charge < -0.3 is 19.9 Å². The second-order valence-electron chi connectivity index (χ2n) is 6.12. The number of methoxy groups -OCH3 is 2. The summed E-state index contributed by atoms with van der Waals surface area (Å²) in [6.07, 6.45) is 0. The number of benzene rings is 2. The summed E-state index contributed by atoms with van der Waals surface area (Å²) in [4.78, 5) is 14.4. The number of nitrogens with one attached hydrogen (secondary N) is 1. The average molecular weight is 463 g/mol. The second kappa shape index (κ2) is 8.20. The third-order valence-corrected chi connectivity index (χ3v) is 5.29. The number of thiocarbonyl (C=S) groups is 1. The molecule has 1 aliphatic rings. The molecular weight excluding hydrogens is 444 g/mol. The van der Waals surface area contributed by atoms with Gasteiger partial charge in [-0.25, -0.2) is 4.79 Å². The molecule has 0 aliphatic carbocycles. The first-order chi connectivity index (χ1) is 13.4. The van der Waals surface area contributed by atoms with Crippen molar-refractivity contribution < 1.29 is 19.4 Å². The first-order valence-electron chi connectivity index (χ1n) is 8.39. The van der Waals surface area contributed by atoms with Gasteiger partial charge in [-0.15, -0.1) is 0 Å². The zero-order valence-electron chi connectivity index (χ0n) is 15.5. The van der Waals surface area contributed by atoms with Crippen molar-refractivity contribution in [2.24, 2.45) is 0 Å². The molecule has 3 rings (SSSR count). The van der Waals surface area contributed by atoms with Gasteiger partial charge in [-0.05, 0) is 55.0 Å². The van der Waals surface area contributed by atoms with Gasteiger partial charge in [0.25, 0.3) is 0 Å². The number of ether oxygens (including phenoxy) is 2. The van der Waals surface area contributed by atoms with Crippen LogP contribution in [0.3, 0.4) is 0 Å². The molecule has 146 valence electrons. The van der Waals surface area contributed by atoms with Crippen molar-refractivity contribution in [3.05, 3.63) is 63.8 Å². The summed E-state index contributed by atoms with van der Waals surface area (Å²) in [5.74, 6) is -0.147. The molecular formula is C20H19BrN2O4S. The highest BCUT2D eigenvalue weighted by Crippen LogP contribution is 2.37. The number of esters is 1. The third kappa shape index (κ3) is 3.70. The molecule has 1 atom stereocenters. The summed E-state index contributed by atoms with van der Waals surface area (Å²) < 4.78 is 11.1. The minimum Gasteiger partial charge on any atom is -0.504 e. The largest absolute Gasteiger partial charge is 0.504 e. The van der Waals surface area contributed by atoms with E-state index in [2.05, 4.69) is 21.2 Å². The fourth-order valence-electron chi connectivity index (χ4n) is 3.17. The molecule has 2 aromatic rings. The van der Waals surface area contributed by atoms with E-state index >= 15 is 0 Å². The molecule has 28 heavy (non-hydrogen) atoms. The molecule has 0 radical (unpaired) electrons. The number of allylic oxidation sites excluding steroid dienone is 1. The van der Waals surface area contributed by atoms with E-state index in [1.54, 1.807) is 17.0 Å². The van der Waals surface area contributed by atoms with Crippen LogP contribution in [0.2, 0.25) is 0 Å². The number of phenolic OH excluding ortho intramolecular Hbond substituents is 1. The maximum Gasteiger partial charge on any atom is 0.337 e. The van der Waals surface area contributed by atoms with Gasteiger partial charge in [0.05, 0.1) is 25.8 Å². The number of carbonyl (C=O) groups is 1. The molecule has 1 aliphatic heterocycles. The number of phenols is 1. The van der Waals surface area contributed by atoms with Gasteiger partial charge >= 0.3 is 5.97 Å². The van der Waals surface area contributed by atoms with E-state index in [1.165, 1.54) is 20.3 Å². The van der Waals surface area contributed by atoms with Gasteiger partial charge in [-0.3, -0.25) is 4.90 Å². The third-order valence-electron chi connectivity index (χ3n) is 4.49. The Morgan fingerprint density at radius 1 is 1.25 bits per heavy atom. The first kappa shape index (κ1) is 20.2. The van der Waals surface area contributed by atoms with Crippen molar-refractivity contribution in [3.8, 4) is 11.5 Å². The van der Waals surface area contributed by atoms with Crippen molar-refractivity contribution in [3.63, 3.8) is 0 Å². The monoisotopic (exact) mass is 462 g/mol. The van der Waals surface area contributed by atoms with Gasteiger partial charge in [0.2, 0.25) is 0 Å². The van der Waals surface area contributed by atoms with Crippen molar-refractivity contribution >= 4 is 44.9 Å². The van der Waals surface area contributed by atoms with Crippen molar-refractivity contribution in [2.45, 2.75) is 13.0 Å². The molecule has 0 amide bonds. The number of hydrogen-bond donors (Lipinski definition) is 2. The number of carbonyl (C=O) groups excluding carboxylic acids is 1. The van der Waals surface area contributed by atoms with E-state index in [4.69, 9.17) is 21.7 Å². The second-order valence-corrected chi connectivity index (χ2v) is 7.42. The molecule has 1 heterocycles. The van der Waals surface area contributed by atoms with Crippen LogP contribution in [0.1, 0.15) is 18.5 Å². The van der Waals surface area contributed by atoms with E-state index < -0.39 is 12.0 Å². The average Bonchev–Trinajstić information content (AvgIpc) is 2.67. The number of hydrogen-bond acceptors (Lipinski definition) is 5. The van der Waals surface area contributed by atoms with E-state index in [1.807, 2.05) is 31.2 Å². The molecule has 0 saturated carbocycles. The van der Waals surface area contributed by atoms with Gasteiger partial charge in [0.1, 0.15) is 0 Å². The molecule has 1 unspecified atom stereocenters. The molecule has 6 nitrogen and oxygen atoms in total. The summed E-state index contributed by atoms with van der Waals surface area (Å²) in [6, 6.07) is 12.0. The minimum absolute atomic E-state index is 0.0146. The fourth-order valence-corrected chi connectivity index (χ4v) is 3.91. The van der Waals surface area contributed by atoms with Crippen molar-refractivity contribution in [2.75, 3.05) is 19.1 Å². The number of aromatic hydroxyl groups is 1. The highest BCUT2D eigenvalue weighted by molar-refractivity contribution is 9.10. The van der Waals surface area contributed by atoms with Crippen LogP contribution in [0.25, 0.3) is 0 Å². The van der Waals surface area contributed by atoms with Crippen LogP contribution in [-0.4, -0.2) is 30.4 Å². The van der Waals surface area contributed by atoms with Crippen LogP contribution in [0.4, 0.5) is 5.69 Å². The maximum absolute atomic E-state index is 12.7. The van der Waals surface area contributed by atoms with Crippen LogP contribution in [0, 0.1) is 0 Å². The molecule has 2 aromatic carbocycles. The summed E-state index contributed by atoms with van der Waals surface area (Å²) in [5.41, 5.74) is 2.60. The Bertz CT molecular complexity index is 976. The molecule has 0 aromatic heterocycles. The zero-order valence-corrected chi connectivity index (χ0v) is 17.9. The molecule has 0 bridgehead atoms. The number of nitrogens with zero attached hydrogens (tertiary/aromatic N) is 1. The predicted molar refractivity (Wildman–Crippen MR) is 114 cm³/mol. The van der Waals surface area contributed by atoms with Gasteiger partial charge in [-0.2, -0.15) is 0 Å². The highest BCUT2D eigenvalue weighted by atomic mass is 79.9. The van der Waals surface area contributed by atoms with Crippen LogP contribution >= 0.6 is 28.1 Å². The Balaban J connectivity index is 2.15. The molecule has 0 saturated heterocycles. The Morgan fingerprint density at radius 3 is 2.64 bits per heavy atom. The van der Waals surface area contributed by atoms with Crippen LogP contribution < -0.4 is 15.0 Å². The molecule has 8 heteroatoms. The van der Waals surface area contributed by atoms with Gasteiger partial charge in [0.15, 0.2) is 16.6 Å². The quantitative estimate of drug-likeness (QED) is 0.524. The highest BCUT2D eigenvalue weighted by Gasteiger charge is 2.35. The van der Waals surface area contributed by atoms with Crippen LogP contribution in [0.15, 0.2) is 58.2 Å². The summed E-state index contributed by atoms with van der Waals surface area (Å²) in [7, 11) is 2.81.